The zero-order valence-electron chi connectivity index (χ0n) is 15.3. The summed E-state index contributed by atoms with van der Waals surface area (Å²) in [6.07, 6.45) is 3.69. The minimum atomic E-state index is -0.810. The lowest BCUT2D eigenvalue weighted by atomic mass is 9.77. The van der Waals surface area contributed by atoms with E-state index in [1.807, 2.05) is 29.2 Å². The van der Waals surface area contributed by atoms with Crippen molar-refractivity contribution in [3.05, 3.63) is 35.4 Å². The van der Waals surface area contributed by atoms with Gasteiger partial charge in [0.15, 0.2) is 0 Å². The second kappa shape index (κ2) is 7.44. The second-order valence-corrected chi connectivity index (χ2v) is 7.46. The number of likely N-dealkylation sites (tertiary alicyclic amines) is 1. The lowest BCUT2D eigenvalue weighted by Gasteiger charge is -2.49. The molecule has 138 valence electrons. The number of carbonyl (C=O) groups excluding carboxylic acids is 1. The Bertz CT molecular complexity index is 588. The summed E-state index contributed by atoms with van der Waals surface area (Å²) in [6.45, 7) is 4.32. The molecule has 0 radical (unpaired) electrons. The van der Waals surface area contributed by atoms with E-state index in [9.17, 15) is 9.90 Å². The summed E-state index contributed by atoms with van der Waals surface area (Å²) in [6, 6.07) is 7.88. The zero-order valence-corrected chi connectivity index (χ0v) is 15.3. The molecule has 1 atom stereocenters. The first-order valence-corrected chi connectivity index (χ1v) is 9.23. The first-order valence-electron chi connectivity index (χ1n) is 9.23. The summed E-state index contributed by atoms with van der Waals surface area (Å²) in [4.78, 5) is 14.6. The van der Waals surface area contributed by atoms with Crippen LogP contribution in [-0.4, -0.2) is 60.5 Å². The highest BCUT2D eigenvalue weighted by atomic mass is 16.5. The van der Waals surface area contributed by atoms with Crippen LogP contribution in [0.4, 0.5) is 0 Å². The highest BCUT2D eigenvalue weighted by Gasteiger charge is 2.47. The number of carbonyl (C=O) groups is 1. The SMILES string of the molecule is CCc1ccc(C(=O)N2CCC3(CC2)CC(O)(COC)CCO3)cc1. The monoisotopic (exact) mass is 347 g/mol. The molecule has 1 aromatic carbocycles. The third-order valence-electron chi connectivity index (χ3n) is 5.61. The molecular weight excluding hydrogens is 318 g/mol. The average molecular weight is 347 g/mol. The number of aryl methyl sites for hydroxylation is 1. The van der Waals surface area contributed by atoms with Crippen molar-refractivity contribution in [1.29, 1.82) is 0 Å². The molecule has 2 aliphatic heterocycles. The number of amides is 1. The fourth-order valence-electron chi connectivity index (χ4n) is 4.09. The van der Waals surface area contributed by atoms with Crippen molar-refractivity contribution < 1.29 is 19.4 Å². The molecule has 1 aromatic rings. The lowest BCUT2D eigenvalue weighted by Crippen LogP contribution is -2.56. The van der Waals surface area contributed by atoms with Gasteiger partial charge < -0.3 is 19.5 Å². The van der Waals surface area contributed by atoms with Crippen molar-refractivity contribution in [2.75, 3.05) is 33.4 Å². The largest absolute Gasteiger partial charge is 0.387 e. The Morgan fingerprint density at radius 1 is 1.24 bits per heavy atom. The van der Waals surface area contributed by atoms with Crippen molar-refractivity contribution in [1.82, 2.24) is 4.90 Å². The molecule has 0 aromatic heterocycles. The number of methoxy groups -OCH3 is 1. The molecule has 0 saturated carbocycles. The number of hydrogen-bond donors (Lipinski definition) is 1. The smallest absolute Gasteiger partial charge is 0.253 e. The standard InChI is InChI=1S/C20H29NO4/c1-3-16-4-6-17(7-5-16)18(22)21-11-8-20(9-12-21)14-19(23,15-24-2)10-13-25-20/h4-7,23H,3,8-15H2,1-2H3. The Hall–Kier alpha value is -1.43. The van der Waals surface area contributed by atoms with Crippen LogP contribution in [0, 0.1) is 0 Å². The molecule has 2 fully saturated rings. The summed E-state index contributed by atoms with van der Waals surface area (Å²) in [5.74, 6) is 0.0838. The molecule has 5 nitrogen and oxygen atoms in total. The van der Waals surface area contributed by atoms with Crippen LogP contribution in [0.1, 0.15) is 48.5 Å². The van der Waals surface area contributed by atoms with Crippen LogP contribution in [0.3, 0.4) is 0 Å². The van der Waals surface area contributed by atoms with Gasteiger partial charge in [0.1, 0.15) is 0 Å². The Balaban J connectivity index is 1.61. The fourth-order valence-corrected chi connectivity index (χ4v) is 4.09. The molecule has 25 heavy (non-hydrogen) atoms. The third-order valence-corrected chi connectivity index (χ3v) is 5.61. The number of nitrogens with zero attached hydrogens (tertiary/aromatic N) is 1. The van der Waals surface area contributed by atoms with Crippen LogP contribution in [0.25, 0.3) is 0 Å². The highest BCUT2D eigenvalue weighted by molar-refractivity contribution is 5.94. The summed E-state index contributed by atoms with van der Waals surface area (Å²) in [7, 11) is 1.62. The highest BCUT2D eigenvalue weighted by Crippen LogP contribution is 2.39. The maximum Gasteiger partial charge on any atom is 0.253 e. The van der Waals surface area contributed by atoms with Gasteiger partial charge >= 0.3 is 0 Å². The summed E-state index contributed by atoms with van der Waals surface area (Å²) >= 11 is 0. The number of rotatable bonds is 4. The van der Waals surface area contributed by atoms with Crippen molar-refractivity contribution in [2.45, 2.75) is 50.2 Å². The van der Waals surface area contributed by atoms with Crippen molar-refractivity contribution in [2.24, 2.45) is 0 Å². The minimum absolute atomic E-state index is 0.0838. The normalized spacial score (nSPS) is 26.0. The van der Waals surface area contributed by atoms with Gasteiger partial charge in [0.05, 0.1) is 24.4 Å². The minimum Gasteiger partial charge on any atom is -0.387 e. The van der Waals surface area contributed by atoms with Crippen molar-refractivity contribution in [3.8, 4) is 0 Å². The first kappa shape index (κ1) is 18.4. The van der Waals surface area contributed by atoms with Gasteiger partial charge in [-0.15, -0.1) is 0 Å². The van der Waals surface area contributed by atoms with Gasteiger partial charge in [0.25, 0.3) is 5.91 Å². The van der Waals surface area contributed by atoms with Crippen molar-refractivity contribution in [3.63, 3.8) is 0 Å². The molecule has 1 amide bonds. The van der Waals surface area contributed by atoms with E-state index in [4.69, 9.17) is 9.47 Å². The van der Waals surface area contributed by atoms with Crippen LogP contribution in [-0.2, 0) is 15.9 Å². The maximum absolute atomic E-state index is 12.7. The van der Waals surface area contributed by atoms with E-state index in [2.05, 4.69) is 6.92 Å². The number of hydrogen-bond acceptors (Lipinski definition) is 4. The van der Waals surface area contributed by atoms with E-state index in [1.54, 1.807) is 7.11 Å². The molecular formula is C20H29NO4. The Morgan fingerprint density at radius 2 is 1.92 bits per heavy atom. The zero-order chi connectivity index (χ0) is 17.9. The molecule has 0 aliphatic carbocycles. The van der Waals surface area contributed by atoms with E-state index >= 15 is 0 Å². The second-order valence-electron chi connectivity index (χ2n) is 7.46. The Labute approximate surface area is 149 Å². The molecule has 3 rings (SSSR count). The quantitative estimate of drug-likeness (QED) is 0.909. The summed E-state index contributed by atoms with van der Waals surface area (Å²) < 4.78 is 11.2. The van der Waals surface area contributed by atoms with Crippen LogP contribution in [0.2, 0.25) is 0 Å². The van der Waals surface area contributed by atoms with E-state index in [0.29, 0.717) is 39.1 Å². The molecule has 1 N–H and O–H groups in total. The summed E-state index contributed by atoms with van der Waals surface area (Å²) in [5, 5.41) is 10.7. The van der Waals surface area contributed by atoms with E-state index in [0.717, 1.165) is 24.8 Å². The van der Waals surface area contributed by atoms with Gasteiger partial charge in [0, 0.05) is 38.6 Å². The van der Waals surface area contributed by atoms with Crippen LogP contribution >= 0.6 is 0 Å². The van der Waals surface area contributed by atoms with Gasteiger partial charge in [-0.05, 0) is 37.0 Å². The molecule has 2 aliphatic rings. The maximum atomic E-state index is 12.7. The van der Waals surface area contributed by atoms with Crippen molar-refractivity contribution >= 4 is 5.91 Å². The lowest BCUT2D eigenvalue weighted by molar-refractivity contribution is -0.189. The topological polar surface area (TPSA) is 59.0 Å². The average Bonchev–Trinajstić information content (AvgIpc) is 2.62. The first-order chi connectivity index (χ1) is 12.0. The van der Waals surface area contributed by atoms with Gasteiger partial charge in [-0.2, -0.15) is 0 Å². The fraction of sp³-hybridized carbons (Fsp3) is 0.650. The van der Waals surface area contributed by atoms with E-state index in [1.165, 1.54) is 5.56 Å². The van der Waals surface area contributed by atoms with Crippen LogP contribution < -0.4 is 0 Å². The molecule has 0 bridgehead atoms. The third kappa shape index (κ3) is 4.05. The predicted molar refractivity (Wildman–Crippen MR) is 95.7 cm³/mol. The number of benzene rings is 1. The molecule has 2 heterocycles. The van der Waals surface area contributed by atoms with E-state index < -0.39 is 5.60 Å². The molecule has 5 heteroatoms. The number of aliphatic hydroxyl groups is 1. The molecule has 2 saturated heterocycles. The van der Waals surface area contributed by atoms with Gasteiger partial charge in [-0.25, -0.2) is 0 Å². The molecule has 1 unspecified atom stereocenters. The molecule has 1 spiro atoms. The van der Waals surface area contributed by atoms with Crippen LogP contribution in [0.15, 0.2) is 24.3 Å². The van der Waals surface area contributed by atoms with Gasteiger partial charge in [-0.3, -0.25) is 4.79 Å². The summed E-state index contributed by atoms with van der Waals surface area (Å²) in [5.41, 5.74) is 0.847. The Kier molecular flexibility index (Phi) is 5.46. The number of piperidine rings is 1. The Morgan fingerprint density at radius 3 is 2.52 bits per heavy atom. The van der Waals surface area contributed by atoms with E-state index in [-0.39, 0.29) is 11.5 Å². The van der Waals surface area contributed by atoms with Gasteiger partial charge in [-0.1, -0.05) is 19.1 Å². The van der Waals surface area contributed by atoms with Crippen LogP contribution in [0.5, 0.6) is 0 Å². The predicted octanol–water partition coefficient (Wildman–Crippen LogP) is 2.41. The van der Waals surface area contributed by atoms with Gasteiger partial charge in [0.2, 0.25) is 0 Å². The number of ether oxygens (including phenoxy) is 2.